The summed E-state index contributed by atoms with van der Waals surface area (Å²) in [7, 11) is 0. The van der Waals surface area contributed by atoms with E-state index in [0.717, 1.165) is 27.8 Å². The monoisotopic (exact) mass is 484 g/mol. The number of carbonyl (C=O) groups excluding carboxylic acids is 3. The number of nitrogens with zero attached hydrogens (tertiary/aromatic N) is 1. The maximum atomic E-state index is 13.9. The van der Waals surface area contributed by atoms with Gasteiger partial charge in [-0.2, -0.15) is 0 Å². The molecule has 180 valence electrons. The first kappa shape index (κ1) is 21.7. The minimum atomic E-state index is -0.420. The van der Waals surface area contributed by atoms with Gasteiger partial charge < -0.3 is 5.32 Å². The molecule has 1 aliphatic heterocycles. The lowest BCUT2D eigenvalue weighted by Crippen LogP contribution is -2.41. The molecule has 5 heteroatoms. The van der Waals surface area contributed by atoms with Gasteiger partial charge in [-0.25, -0.2) is 4.90 Å². The SMILES string of the molecule is O=C(NCc1ccccc1)c1ccc(N2C(=O)[C@H]3C4c5ccccc5C(c5ccccc54)[C@@H]3C2=O)cc1. The summed E-state index contributed by atoms with van der Waals surface area (Å²) in [5.74, 6) is -1.62. The molecule has 4 aromatic rings. The lowest BCUT2D eigenvalue weighted by molar-refractivity contribution is -0.122. The molecule has 0 saturated carbocycles. The highest BCUT2D eigenvalue weighted by Crippen LogP contribution is 2.61. The number of hydrogen-bond acceptors (Lipinski definition) is 3. The molecular formula is C32H24N2O3. The number of hydrogen-bond donors (Lipinski definition) is 1. The molecule has 3 amide bonds. The summed E-state index contributed by atoms with van der Waals surface area (Å²) in [6.45, 7) is 0.428. The van der Waals surface area contributed by atoms with E-state index in [2.05, 4.69) is 29.6 Å². The smallest absolute Gasteiger partial charge is 0.251 e. The predicted molar refractivity (Wildman–Crippen MR) is 140 cm³/mol. The molecule has 0 aromatic heterocycles. The van der Waals surface area contributed by atoms with Crippen molar-refractivity contribution in [1.82, 2.24) is 5.32 Å². The van der Waals surface area contributed by atoms with Crippen LogP contribution < -0.4 is 10.2 Å². The number of imide groups is 1. The Hall–Kier alpha value is -4.51. The zero-order valence-corrected chi connectivity index (χ0v) is 20.0. The molecule has 4 aliphatic rings. The fourth-order valence-corrected chi connectivity index (χ4v) is 6.57. The van der Waals surface area contributed by atoms with Crippen molar-refractivity contribution in [2.24, 2.45) is 11.8 Å². The molecule has 5 nitrogen and oxygen atoms in total. The van der Waals surface area contributed by atoms with E-state index < -0.39 is 11.8 Å². The number of nitrogens with one attached hydrogen (secondary N) is 1. The summed E-state index contributed by atoms with van der Waals surface area (Å²) in [6, 6.07) is 32.9. The number of benzene rings is 4. The molecule has 1 fully saturated rings. The topological polar surface area (TPSA) is 66.5 Å². The van der Waals surface area contributed by atoms with Crippen LogP contribution in [0.1, 0.15) is 50.0 Å². The number of anilines is 1. The van der Waals surface area contributed by atoms with E-state index >= 15 is 0 Å². The van der Waals surface area contributed by atoms with Gasteiger partial charge in [0.2, 0.25) is 11.8 Å². The summed E-state index contributed by atoms with van der Waals surface area (Å²) in [5.41, 5.74) is 6.62. The Morgan fingerprint density at radius 1 is 0.622 bits per heavy atom. The molecule has 0 spiro atoms. The first-order valence-corrected chi connectivity index (χ1v) is 12.6. The molecular weight excluding hydrogens is 460 g/mol. The van der Waals surface area contributed by atoms with E-state index in [1.165, 1.54) is 4.90 Å². The van der Waals surface area contributed by atoms with Gasteiger partial charge in [0, 0.05) is 23.9 Å². The summed E-state index contributed by atoms with van der Waals surface area (Å²) >= 11 is 0. The highest BCUT2D eigenvalue weighted by molar-refractivity contribution is 6.23. The standard InChI is InChI=1S/C32H24N2O3/c35-30(33-18-19-8-2-1-3-9-19)20-14-16-21(17-15-20)34-31(36)28-26-22-10-4-5-11-23(22)27(29(28)32(34)37)25-13-7-6-12-24(25)26/h1-17,26-29H,18H2,(H,33,35)/t26?,27?,28-,29-/m0/s1. The highest BCUT2D eigenvalue weighted by Gasteiger charge is 2.61. The normalized spacial score (nSPS) is 22.9. The first-order valence-electron chi connectivity index (χ1n) is 12.6. The summed E-state index contributed by atoms with van der Waals surface area (Å²) in [6.07, 6.45) is 0. The van der Waals surface area contributed by atoms with Crippen LogP contribution in [0.4, 0.5) is 5.69 Å². The van der Waals surface area contributed by atoms with Crippen molar-refractivity contribution in [3.8, 4) is 0 Å². The van der Waals surface area contributed by atoms with Gasteiger partial charge >= 0.3 is 0 Å². The van der Waals surface area contributed by atoms with E-state index in [-0.39, 0.29) is 29.6 Å². The second-order valence-corrected chi connectivity index (χ2v) is 9.99. The highest BCUT2D eigenvalue weighted by atomic mass is 16.2. The van der Waals surface area contributed by atoms with Crippen LogP contribution in [0.3, 0.4) is 0 Å². The minimum absolute atomic E-state index is 0.133. The number of rotatable bonds is 4. The first-order chi connectivity index (χ1) is 18.1. The Balaban J connectivity index is 1.19. The van der Waals surface area contributed by atoms with Crippen LogP contribution >= 0.6 is 0 Å². The Kier molecular flexibility index (Phi) is 4.86. The second-order valence-electron chi connectivity index (χ2n) is 9.99. The van der Waals surface area contributed by atoms with Gasteiger partial charge in [-0.3, -0.25) is 14.4 Å². The van der Waals surface area contributed by atoms with E-state index in [9.17, 15) is 14.4 Å². The van der Waals surface area contributed by atoms with Gasteiger partial charge in [0.1, 0.15) is 0 Å². The molecule has 8 rings (SSSR count). The third-order valence-corrected chi connectivity index (χ3v) is 8.13. The molecule has 4 aromatic carbocycles. The lowest BCUT2D eigenvalue weighted by atomic mass is 9.55. The van der Waals surface area contributed by atoms with Crippen LogP contribution in [0.25, 0.3) is 0 Å². The average molecular weight is 485 g/mol. The largest absolute Gasteiger partial charge is 0.348 e. The summed E-state index contributed by atoms with van der Waals surface area (Å²) in [5, 5.41) is 2.92. The lowest BCUT2D eigenvalue weighted by Gasteiger charge is -2.45. The van der Waals surface area contributed by atoms with Crippen molar-refractivity contribution in [1.29, 1.82) is 0 Å². The molecule has 2 bridgehead atoms. The zero-order valence-electron chi connectivity index (χ0n) is 20.0. The van der Waals surface area contributed by atoms with Gasteiger partial charge in [0.25, 0.3) is 5.91 Å². The van der Waals surface area contributed by atoms with Crippen LogP contribution in [0.15, 0.2) is 103 Å². The Bertz CT molecular complexity index is 1450. The Morgan fingerprint density at radius 2 is 1.08 bits per heavy atom. The van der Waals surface area contributed by atoms with Gasteiger partial charge in [0.15, 0.2) is 0 Å². The van der Waals surface area contributed by atoms with Crippen molar-refractivity contribution >= 4 is 23.4 Å². The zero-order chi connectivity index (χ0) is 25.1. The molecule has 3 aliphatic carbocycles. The molecule has 0 unspecified atom stereocenters. The maximum absolute atomic E-state index is 13.9. The van der Waals surface area contributed by atoms with Crippen LogP contribution in [-0.2, 0) is 16.1 Å². The Labute approximate surface area is 214 Å². The van der Waals surface area contributed by atoms with E-state index in [1.807, 2.05) is 54.6 Å². The van der Waals surface area contributed by atoms with E-state index in [1.54, 1.807) is 24.3 Å². The fraction of sp³-hybridized carbons (Fsp3) is 0.156. The van der Waals surface area contributed by atoms with Crippen LogP contribution in [0, 0.1) is 11.8 Å². The number of amides is 3. The quantitative estimate of drug-likeness (QED) is 0.414. The molecule has 37 heavy (non-hydrogen) atoms. The number of carbonyl (C=O) groups is 3. The third-order valence-electron chi connectivity index (χ3n) is 8.13. The summed E-state index contributed by atoms with van der Waals surface area (Å²) in [4.78, 5) is 41.7. The van der Waals surface area contributed by atoms with Crippen molar-refractivity contribution in [3.05, 3.63) is 137 Å². The van der Waals surface area contributed by atoms with Crippen LogP contribution in [0.5, 0.6) is 0 Å². The Morgan fingerprint density at radius 3 is 1.57 bits per heavy atom. The van der Waals surface area contributed by atoms with Gasteiger partial charge in [-0.15, -0.1) is 0 Å². The predicted octanol–water partition coefficient (Wildman–Crippen LogP) is 5.01. The van der Waals surface area contributed by atoms with Crippen LogP contribution in [-0.4, -0.2) is 17.7 Å². The fourth-order valence-electron chi connectivity index (χ4n) is 6.57. The van der Waals surface area contributed by atoms with Crippen LogP contribution in [0.2, 0.25) is 0 Å². The summed E-state index contributed by atoms with van der Waals surface area (Å²) < 4.78 is 0. The van der Waals surface area contributed by atoms with Crippen molar-refractivity contribution in [2.75, 3.05) is 4.90 Å². The molecule has 2 atom stereocenters. The van der Waals surface area contributed by atoms with Gasteiger partial charge in [-0.1, -0.05) is 78.9 Å². The van der Waals surface area contributed by atoms with E-state index in [4.69, 9.17) is 0 Å². The third kappa shape index (κ3) is 3.20. The van der Waals surface area contributed by atoms with E-state index in [0.29, 0.717) is 17.8 Å². The van der Waals surface area contributed by atoms with Crippen molar-refractivity contribution < 1.29 is 14.4 Å². The molecule has 1 heterocycles. The van der Waals surface area contributed by atoms with Gasteiger partial charge in [0.05, 0.1) is 17.5 Å². The average Bonchev–Trinajstić information content (AvgIpc) is 3.22. The van der Waals surface area contributed by atoms with Crippen molar-refractivity contribution in [2.45, 2.75) is 18.4 Å². The maximum Gasteiger partial charge on any atom is 0.251 e. The van der Waals surface area contributed by atoms with Gasteiger partial charge in [-0.05, 0) is 52.1 Å². The van der Waals surface area contributed by atoms with Crippen molar-refractivity contribution in [3.63, 3.8) is 0 Å². The molecule has 0 radical (unpaired) electrons. The molecule has 1 saturated heterocycles. The minimum Gasteiger partial charge on any atom is -0.348 e. The second kappa shape index (κ2) is 8.27. The molecule has 1 N–H and O–H groups in total.